The van der Waals surface area contributed by atoms with Crippen LogP contribution in [0.1, 0.15) is 81.8 Å². The number of ether oxygens (including phenoxy) is 1. The third kappa shape index (κ3) is 7.44. The Morgan fingerprint density at radius 2 is 1.43 bits per heavy atom. The van der Waals surface area contributed by atoms with Crippen molar-refractivity contribution in [2.75, 3.05) is 19.5 Å². The van der Waals surface area contributed by atoms with E-state index in [2.05, 4.69) is 46.9 Å². The molecule has 0 heterocycles. The summed E-state index contributed by atoms with van der Waals surface area (Å²) in [4.78, 5) is 28.6. The standard InChI is InChI=1S/C34H44N2O4/c1-22-10-13-24(14-11-22)30(32(39)35-25-15-17-26(40-9)18-16-25)36(8)29(37)19-12-23-20-27(33(2,3)4)31(38)28(21-23)34(5,6)7/h10-11,13-18,20-21,30,38H,12,19H2,1-9H3,(H,35,39). The highest BCUT2D eigenvalue weighted by atomic mass is 16.5. The lowest BCUT2D eigenvalue weighted by molar-refractivity contribution is -0.137. The molecule has 1 unspecified atom stereocenters. The molecular formula is C34H44N2O4. The second kappa shape index (κ2) is 12.2. The fourth-order valence-electron chi connectivity index (χ4n) is 4.74. The van der Waals surface area contributed by atoms with Gasteiger partial charge in [-0.25, -0.2) is 0 Å². The number of carbonyl (C=O) groups excluding carboxylic acids is 2. The zero-order valence-electron chi connectivity index (χ0n) is 25.4. The zero-order chi connectivity index (χ0) is 29.8. The number of hydrogen-bond donors (Lipinski definition) is 2. The van der Waals surface area contributed by atoms with Crippen LogP contribution in [0.4, 0.5) is 5.69 Å². The molecule has 0 radical (unpaired) electrons. The summed E-state index contributed by atoms with van der Waals surface area (Å²) >= 11 is 0. The second-order valence-corrected chi connectivity index (χ2v) is 12.6. The highest BCUT2D eigenvalue weighted by Gasteiger charge is 2.30. The quantitative estimate of drug-likeness (QED) is 0.318. The molecule has 214 valence electrons. The Balaban J connectivity index is 1.87. The van der Waals surface area contributed by atoms with E-state index < -0.39 is 6.04 Å². The van der Waals surface area contributed by atoms with Crippen molar-refractivity contribution in [2.24, 2.45) is 0 Å². The van der Waals surface area contributed by atoms with Crippen LogP contribution in [0.3, 0.4) is 0 Å². The maximum Gasteiger partial charge on any atom is 0.251 e. The van der Waals surface area contributed by atoms with E-state index in [-0.39, 0.29) is 29.1 Å². The summed E-state index contributed by atoms with van der Waals surface area (Å²) < 4.78 is 5.21. The smallest absolute Gasteiger partial charge is 0.251 e. The minimum Gasteiger partial charge on any atom is -0.507 e. The molecule has 1 atom stereocenters. The van der Waals surface area contributed by atoms with Crippen LogP contribution in [0.15, 0.2) is 60.7 Å². The average molecular weight is 545 g/mol. The molecule has 0 aromatic heterocycles. The predicted molar refractivity (Wildman–Crippen MR) is 162 cm³/mol. The van der Waals surface area contributed by atoms with Gasteiger partial charge in [0.2, 0.25) is 5.91 Å². The van der Waals surface area contributed by atoms with Gasteiger partial charge in [-0.05, 0) is 70.7 Å². The molecule has 0 saturated carbocycles. The Labute approximate surface area is 239 Å². The number of aryl methyl sites for hydroxylation is 2. The van der Waals surface area contributed by atoms with Crippen LogP contribution in [-0.4, -0.2) is 36.0 Å². The summed E-state index contributed by atoms with van der Waals surface area (Å²) in [6.07, 6.45) is 0.725. The molecule has 0 spiro atoms. The number of methoxy groups -OCH3 is 1. The molecule has 3 rings (SSSR count). The SMILES string of the molecule is COc1ccc(NC(=O)C(c2ccc(C)cc2)N(C)C(=O)CCc2cc(C(C)(C)C)c(O)c(C(C)(C)C)c2)cc1. The molecule has 0 bridgehead atoms. The number of nitrogens with one attached hydrogen (secondary N) is 1. The van der Waals surface area contributed by atoms with E-state index in [0.717, 1.165) is 27.8 Å². The summed E-state index contributed by atoms with van der Waals surface area (Å²) in [6.45, 7) is 14.4. The minimum atomic E-state index is -0.801. The Morgan fingerprint density at radius 1 is 0.900 bits per heavy atom. The van der Waals surface area contributed by atoms with E-state index in [0.29, 0.717) is 23.6 Å². The normalized spacial score (nSPS) is 12.5. The largest absolute Gasteiger partial charge is 0.507 e. The van der Waals surface area contributed by atoms with Crippen LogP contribution in [-0.2, 0) is 26.8 Å². The molecule has 0 saturated heterocycles. The van der Waals surface area contributed by atoms with Crippen LogP contribution in [0.25, 0.3) is 0 Å². The molecule has 2 amide bonds. The van der Waals surface area contributed by atoms with Gasteiger partial charge in [0.05, 0.1) is 7.11 Å². The number of likely N-dealkylation sites (N-methyl/N-ethyl adjacent to an activating group) is 1. The van der Waals surface area contributed by atoms with Crippen molar-refractivity contribution in [3.05, 3.63) is 88.5 Å². The number of amides is 2. The Bertz CT molecular complexity index is 1300. The molecule has 40 heavy (non-hydrogen) atoms. The zero-order valence-corrected chi connectivity index (χ0v) is 25.4. The van der Waals surface area contributed by atoms with Crippen molar-refractivity contribution >= 4 is 17.5 Å². The number of anilines is 1. The van der Waals surface area contributed by atoms with Crippen LogP contribution in [0.5, 0.6) is 11.5 Å². The first-order valence-electron chi connectivity index (χ1n) is 13.8. The average Bonchev–Trinajstić information content (AvgIpc) is 2.88. The van der Waals surface area contributed by atoms with Gasteiger partial charge >= 0.3 is 0 Å². The summed E-state index contributed by atoms with van der Waals surface area (Å²) in [6, 6.07) is 18.0. The van der Waals surface area contributed by atoms with Crippen molar-refractivity contribution in [1.82, 2.24) is 4.90 Å². The monoisotopic (exact) mass is 544 g/mol. The predicted octanol–water partition coefficient (Wildman–Crippen LogP) is 7.08. The van der Waals surface area contributed by atoms with E-state index >= 15 is 0 Å². The number of phenols is 1. The topological polar surface area (TPSA) is 78.9 Å². The van der Waals surface area contributed by atoms with Gasteiger partial charge in [0, 0.05) is 19.2 Å². The number of benzene rings is 3. The van der Waals surface area contributed by atoms with Crippen molar-refractivity contribution < 1.29 is 19.4 Å². The van der Waals surface area contributed by atoms with Gasteiger partial charge in [0.25, 0.3) is 5.91 Å². The van der Waals surface area contributed by atoms with E-state index in [1.54, 1.807) is 38.4 Å². The Hall–Kier alpha value is -3.80. The first-order valence-corrected chi connectivity index (χ1v) is 13.8. The van der Waals surface area contributed by atoms with Crippen LogP contribution < -0.4 is 10.1 Å². The Morgan fingerprint density at radius 3 is 1.90 bits per heavy atom. The highest BCUT2D eigenvalue weighted by Crippen LogP contribution is 2.40. The molecule has 3 aromatic rings. The van der Waals surface area contributed by atoms with Crippen molar-refractivity contribution in [1.29, 1.82) is 0 Å². The van der Waals surface area contributed by atoms with E-state index in [1.165, 1.54) is 4.90 Å². The maximum absolute atomic E-state index is 13.6. The fourth-order valence-corrected chi connectivity index (χ4v) is 4.74. The third-order valence-electron chi connectivity index (χ3n) is 7.19. The summed E-state index contributed by atoms with van der Waals surface area (Å²) in [5.74, 6) is 0.582. The van der Waals surface area contributed by atoms with E-state index in [1.807, 2.05) is 43.3 Å². The number of phenolic OH excluding ortho intramolecular Hbond substituents is 1. The lowest BCUT2D eigenvalue weighted by atomic mass is 9.78. The van der Waals surface area contributed by atoms with Crippen LogP contribution in [0, 0.1) is 6.92 Å². The van der Waals surface area contributed by atoms with Crippen molar-refractivity contribution in [3.63, 3.8) is 0 Å². The van der Waals surface area contributed by atoms with E-state index in [9.17, 15) is 14.7 Å². The number of nitrogens with zero attached hydrogens (tertiary/aromatic N) is 1. The molecule has 0 aliphatic heterocycles. The van der Waals surface area contributed by atoms with Gasteiger partial charge in [-0.15, -0.1) is 0 Å². The van der Waals surface area contributed by atoms with Crippen LogP contribution in [0.2, 0.25) is 0 Å². The number of carbonyl (C=O) groups is 2. The molecule has 6 heteroatoms. The van der Waals surface area contributed by atoms with Gasteiger partial charge in [-0.1, -0.05) is 83.5 Å². The van der Waals surface area contributed by atoms with Gasteiger partial charge in [-0.3, -0.25) is 9.59 Å². The first-order chi connectivity index (χ1) is 18.6. The molecule has 3 aromatic carbocycles. The Kier molecular flexibility index (Phi) is 9.34. The number of rotatable bonds is 8. The fraction of sp³-hybridized carbons (Fsp3) is 0.412. The summed E-state index contributed by atoms with van der Waals surface area (Å²) in [7, 11) is 3.27. The first kappa shape index (κ1) is 30.7. The maximum atomic E-state index is 13.6. The lowest BCUT2D eigenvalue weighted by Gasteiger charge is -2.29. The van der Waals surface area contributed by atoms with Crippen LogP contribution >= 0.6 is 0 Å². The van der Waals surface area contributed by atoms with Crippen molar-refractivity contribution in [2.45, 2.75) is 78.2 Å². The van der Waals surface area contributed by atoms with E-state index in [4.69, 9.17) is 4.74 Å². The number of aromatic hydroxyl groups is 1. The molecule has 0 aliphatic carbocycles. The molecule has 2 N–H and O–H groups in total. The molecule has 6 nitrogen and oxygen atoms in total. The minimum absolute atomic E-state index is 0.141. The van der Waals surface area contributed by atoms with Gasteiger partial charge in [0.15, 0.2) is 0 Å². The number of hydrogen-bond acceptors (Lipinski definition) is 4. The highest BCUT2D eigenvalue weighted by molar-refractivity contribution is 5.98. The molecule has 0 aliphatic rings. The summed E-state index contributed by atoms with van der Waals surface area (Å²) in [5.41, 5.74) is 4.65. The third-order valence-corrected chi connectivity index (χ3v) is 7.19. The lowest BCUT2D eigenvalue weighted by Crippen LogP contribution is -2.38. The second-order valence-electron chi connectivity index (χ2n) is 12.6. The van der Waals surface area contributed by atoms with Gasteiger partial charge < -0.3 is 20.1 Å². The van der Waals surface area contributed by atoms with Gasteiger partial charge in [-0.2, -0.15) is 0 Å². The van der Waals surface area contributed by atoms with Gasteiger partial charge in [0.1, 0.15) is 17.5 Å². The van der Waals surface area contributed by atoms with Crippen molar-refractivity contribution in [3.8, 4) is 11.5 Å². The molecule has 0 fully saturated rings. The molecular weight excluding hydrogens is 500 g/mol. The summed E-state index contributed by atoms with van der Waals surface area (Å²) in [5, 5.41) is 14.0.